The Bertz CT molecular complexity index is 540. The third-order valence-corrected chi connectivity index (χ3v) is 3.25. The van der Waals surface area contributed by atoms with Gasteiger partial charge in [0.25, 0.3) is 0 Å². The monoisotopic (exact) mass is 280 g/mol. The summed E-state index contributed by atoms with van der Waals surface area (Å²) < 4.78 is 6.25. The maximum absolute atomic E-state index is 5.88. The molecule has 3 nitrogen and oxygen atoms in total. The molecule has 2 aromatic rings. The highest BCUT2D eigenvalue weighted by atomic mass is 79.9. The molecule has 0 aliphatic heterocycles. The lowest BCUT2D eigenvalue weighted by Gasteiger charge is -2.09. The number of hydrogen-bond donors (Lipinski definition) is 1. The van der Waals surface area contributed by atoms with Crippen molar-refractivity contribution in [3.8, 4) is 5.75 Å². The summed E-state index contributed by atoms with van der Waals surface area (Å²) in [6.07, 6.45) is 0.866. The number of nitrogens with two attached hydrogens (primary N) is 1. The molecular formula is C12H13BrN2O. The number of aryl methyl sites for hydroxylation is 1. The summed E-state index contributed by atoms with van der Waals surface area (Å²) in [5, 5.41) is 0.989. The van der Waals surface area contributed by atoms with Crippen LogP contribution in [0.3, 0.4) is 0 Å². The molecule has 1 aromatic carbocycles. The van der Waals surface area contributed by atoms with E-state index >= 15 is 0 Å². The average molecular weight is 281 g/mol. The fraction of sp³-hybridized carbons (Fsp3) is 0.250. The molecule has 0 aliphatic carbocycles. The van der Waals surface area contributed by atoms with Crippen LogP contribution in [0.5, 0.6) is 5.75 Å². The van der Waals surface area contributed by atoms with Gasteiger partial charge < -0.3 is 10.5 Å². The third kappa shape index (κ3) is 1.73. The molecule has 16 heavy (non-hydrogen) atoms. The number of nitrogen functional groups attached to an aromatic ring is 1. The standard InChI is InChI=1S/C12H13BrN2O/c1-3-7-6-8-10(16-2)5-4-9(13)11(8)15-12(7)14/h4-6H,3H2,1-2H3,(H2,14,15). The molecule has 2 rings (SSSR count). The summed E-state index contributed by atoms with van der Waals surface area (Å²) in [5.74, 6) is 1.41. The Kier molecular flexibility index (Phi) is 3.01. The first-order valence-corrected chi connectivity index (χ1v) is 5.88. The first-order chi connectivity index (χ1) is 7.67. The fourth-order valence-electron chi connectivity index (χ4n) is 1.72. The second-order valence-corrected chi connectivity index (χ2v) is 4.39. The Morgan fingerprint density at radius 3 is 2.81 bits per heavy atom. The summed E-state index contributed by atoms with van der Waals surface area (Å²) in [5.41, 5.74) is 7.77. The number of benzene rings is 1. The van der Waals surface area contributed by atoms with Crippen molar-refractivity contribution in [3.63, 3.8) is 0 Å². The molecule has 0 saturated carbocycles. The Morgan fingerprint density at radius 1 is 1.44 bits per heavy atom. The van der Waals surface area contributed by atoms with Gasteiger partial charge >= 0.3 is 0 Å². The molecular weight excluding hydrogens is 268 g/mol. The van der Waals surface area contributed by atoms with Crippen molar-refractivity contribution in [3.05, 3.63) is 28.2 Å². The topological polar surface area (TPSA) is 48.1 Å². The highest BCUT2D eigenvalue weighted by molar-refractivity contribution is 9.10. The van der Waals surface area contributed by atoms with E-state index in [4.69, 9.17) is 10.5 Å². The maximum atomic E-state index is 5.88. The summed E-state index contributed by atoms with van der Waals surface area (Å²) in [4.78, 5) is 4.41. The summed E-state index contributed by atoms with van der Waals surface area (Å²) in [6, 6.07) is 5.88. The normalized spacial score (nSPS) is 10.7. The van der Waals surface area contributed by atoms with E-state index in [1.807, 2.05) is 18.2 Å². The van der Waals surface area contributed by atoms with Gasteiger partial charge in [0.05, 0.1) is 12.6 Å². The smallest absolute Gasteiger partial charge is 0.128 e. The number of hydrogen-bond acceptors (Lipinski definition) is 3. The van der Waals surface area contributed by atoms with Crippen LogP contribution in [0, 0.1) is 0 Å². The zero-order valence-corrected chi connectivity index (χ0v) is 10.8. The molecule has 0 unspecified atom stereocenters. The van der Waals surface area contributed by atoms with E-state index in [1.54, 1.807) is 7.11 Å². The van der Waals surface area contributed by atoms with Crippen LogP contribution >= 0.6 is 15.9 Å². The van der Waals surface area contributed by atoms with E-state index in [0.29, 0.717) is 5.82 Å². The van der Waals surface area contributed by atoms with Crippen LogP contribution in [0.1, 0.15) is 12.5 Å². The Hall–Kier alpha value is -1.29. The first kappa shape index (κ1) is 11.2. The second kappa shape index (κ2) is 4.29. The number of anilines is 1. The minimum atomic E-state index is 0.587. The molecule has 1 heterocycles. The van der Waals surface area contributed by atoms with Gasteiger partial charge in [-0.05, 0) is 46.1 Å². The zero-order chi connectivity index (χ0) is 11.7. The predicted octanol–water partition coefficient (Wildman–Crippen LogP) is 3.15. The number of fused-ring (bicyclic) bond motifs is 1. The molecule has 84 valence electrons. The van der Waals surface area contributed by atoms with Crippen LogP contribution in [0.2, 0.25) is 0 Å². The highest BCUT2D eigenvalue weighted by Gasteiger charge is 2.09. The van der Waals surface area contributed by atoms with E-state index in [0.717, 1.165) is 33.1 Å². The van der Waals surface area contributed by atoms with Crippen molar-refractivity contribution in [2.45, 2.75) is 13.3 Å². The molecule has 0 saturated heterocycles. The van der Waals surface area contributed by atoms with Crippen LogP contribution < -0.4 is 10.5 Å². The molecule has 2 N–H and O–H groups in total. The zero-order valence-electron chi connectivity index (χ0n) is 9.25. The lowest BCUT2D eigenvalue weighted by Crippen LogP contribution is -1.98. The van der Waals surface area contributed by atoms with Gasteiger partial charge in [-0.1, -0.05) is 6.92 Å². The van der Waals surface area contributed by atoms with Gasteiger partial charge in [0.15, 0.2) is 0 Å². The lowest BCUT2D eigenvalue weighted by atomic mass is 10.1. The Morgan fingerprint density at radius 2 is 2.19 bits per heavy atom. The van der Waals surface area contributed by atoms with Crippen LogP contribution in [-0.2, 0) is 6.42 Å². The van der Waals surface area contributed by atoms with E-state index < -0.39 is 0 Å². The second-order valence-electron chi connectivity index (χ2n) is 3.53. The van der Waals surface area contributed by atoms with Crippen molar-refractivity contribution >= 4 is 32.7 Å². The molecule has 0 radical (unpaired) electrons. The fourth-order valence-corrected chi connectivity index (χ4v) is 2.15. The van der Waals surface area contributed by atoms with Gasteiger partial charge in [-0.25, -0.2) is 4.98 Å². The van der Waals surface area contributed by atoms with Crippen LogP contribution in [-0.4, -0.2) is 12.1 Å². The Balaban J connectivity index is 2.83. The van der Waals surface area contributed by atoms with Gasteiger partial charge in [-0.3, -0.25) is 0 Å². The molecule has 1 aromatic heterocycles. The molecule has 0 spiro atoms. The van der Waals surface area contributed by atoms with Gasteiger partial charge in [-0.15, -0.1) is 0 Å². The number of rotatable bonds is 2. The van der Waals surface area contributed by atoms with Crippen molar-refractivity contribution in [2.75, 3.05) is 12.8 Å². The van der Waals surface area contributed by atoms with Crippen LogP contribution in [0.25, 0.3) is 10.9 Å². The summed E-state index contributed by atoms with van der Waals surface area (Å²) in [6.45, 7) is 2.06. The highest BCUT2D eigenvalue weighted by Crippen LogP contribution is 2.32. The first-order valence-electron chi connectivity index (χ1n) is 5.09. The van der Waals surface area contributed by atoms with Gasteiger partial charge in [0.1, 0.15) is 11.6 Å². The minimum Gasteiger partial charge on any atom is -0.496 e. The van der Waals surface area contributed by atoms with Crippen molar-refractivity contribution in [2.24, 2.45) is 0 Å². The molecule has 0 bridgehead atoms. The lowest BCUT2D eigenvalue weighted by molar-refractivity contribution is 0.419. The Labute approximate surface area is 103 Å². The summed E-state index contributed by atoms with van der Waals surface area (Å²) in [7, 11) is 1.66. The SMILES string of the molecule is CCc1cc2c(OC)ccc(Br)c2nc1N. The number of halogens is 1. The van der Waals surface area contributed by atoms with Gasteiger partial charge in [0, 0.05) is 9.86 Å². The molecule has 0 amide bonds. The van der Waals surface area contributed by atoms with Crippen LogP contribution in [0.4, 0.5) is 5.82 Å². The average Bonchev–Trinajstić information content (AvgIpc) is 2.30. The molecule has 4 heteroatoms. The van der Waals surface area contributed by atoms with Crippen molar-refractivity contribution < 1.29 is 4.74 Å². The quantitative estimate of drug-likeness (QED) is 0.919. The van der Waals surface area contributed by atoms with Crippen molar-refractivity contribution in [1.82, 2.24) is 4.98 Å². The third-order valence-electron chi connectivity index (χ3n) is 2.61. The minimum absolute atomic E-state index is 0.587. The van der Waals surface area contributed by atoms with Gasteiger partial charge in [-0.2, -0.15) is 0 Å². The van der Waals surface area contributed by atoms with E-state index in [2.05, 4.69) is 27.8 Å². The van der Waals surface area contributed by atoms with E-state index in [-0.39, 0.29) is 0 Å². The molecule has 0 aliphatic rings. The number of ether oxygens (including phenoxy) is 1. The molecule has 0 atom stereocenters. The van der Waals surface area contributed by atoms with E-state index in [1.165, 1.54) is 0 Å². The maximum Gasteiger partial charge on any atom is 0.128 e. The summed E-state index contributed by atoms with van der Waals surface area (Å²) >= 11 is 3.47. The number of nitrogens with zero attached hydrogens (tertiary/aromatic N) is 1. The molecule has 0 fully saturated rings. The number of methoxy groups -OCH3 is 1. The van der Waals surface area contributed by atoms with E-state index in [9.17, 15) is 0 Å². The largest absolute Gasteiger partial charge is 0.496 e. The van der Waals surface area contributed by atoms with Crippen LogP contribution in [0.15, 0.2) is 22.7 Å². The number of aromatic nitrogens is 1. The number of pyridine rings is 1. The predicted molar refractivity (Wildman–Crippen MR) is 69.8 cm³/mol. The van der Waals surface area contributed by atoms with Gasteiger partial charge in [0.2, 0.25) is 0 Å². The van der Waals surface area contributed by atoms with Crippen molar-refractivity contribution in [1.29, 1.82) is 0 Å².